The molecule has 0 radical (unpaired) electrons. The Labute approximate surface area is 124 Å². The van der Waals surface area contributed by atoms with Gasteiger partial charge in [0.05, 0.1) is 6.10 Å². The number of hydrogen-bond acceptors (Lipinski definition) is 3. The smallest absolute Gasteiger partial charge is 0.193 e. The maximum absolute atomic E-state index is 12.5. The Kier molecular flexibility index (Phi) is 3.65. The number of benzene rings is 2. The minimum absolute atomic E-state index is 0.0563. The molecule has 1 aliphatic heterocycles. The summed E-state index contributed by atoms with van der Waals surface area (Å²) >= 11 is 0. The molecule has 0 saturated carbocycles. The molecule has 108 valence electrons. The van der Waals surface area contributed by atoms with E-state index in [9.17, 15) is 4.79 Å². The van der Waals surface area contributed by atoms with Crippen LogP contribution in [0.3, 0.4) is 0 Å². The minimum Gasteiger partial charge on any atom is -0.491 e. The number of fused-ring (bicyclic) bond motifs is 1. The van der Waals surface area contributed by atoms with Gasteiger partial charge in [-0.1, -0.05) is 0 Å². The fourth-order valence-electron chi connectivity index (χ4n) is 2.57. The molecule has 0 aromatic heterocycles. The summed E-state index contributed by atoms with van der Waals surface area (Å²) in [7, 11) is 0. The van der Waals surface area contributed by atoms with Gasteiger partial charge >= 0.3 is 0 Å². The van der Waals surface area contributed by atoms with E-state index < -0.39 is 0 Å². The molecule has 0 saturated heterocycles. The fourth-order valence-corrected chi connectivity index (χ4v) is 2.57. The fraction of sp³-hybridized carbons (Fsp3) is 0.278. The molecule has 0 aliphatic carbocycles. The van der Waals surface area contributed by atoms with Crippen molar-refractivity contribution < 1.29 is 9.53 Å². The number of hydrogen-bond donors (Lipinski definition) is 1. The molecule has 1 heterocycles. The van der Waals surface area contributed by atoms with Crippen molar-refractivity contribution in [2.45, 2.75) is 26.4 Å². The van der Waals surface area contributed by atoms with Gasteiger partial charge in [0.15, 0.2) is 5.78 Å². The van der Waals surface area contributed by atoms with Crippen molar-refractivity contribution in [2.24, 2.45) is 0 Å². The van der Waals surface area contributed by atoms with Crippen molar-refractivity contribution in [3.63, 3.8) is 0 Å². The number of carbonyl (C=O) groups excluding carboxylic acids is 1. The monoisotopic (exact) mass is 281 g/mol. The molecule has 1 aliphatic rings. The SMILES string of the molecule is CC(C)Oc1ccc(C(=O)c2ccc3c(c2)CCN3)cc1. The first-order chi connectivity index (χ1) is 10.1. The molecule has 3 nitrogen and oxygen atoms in total. The van der Waals surface area contributed by atoms with Crippen LogP contribution in [0.25, 0.3) is 0 Å². The first kappa shape index (κ1) is 13.7. The van der Waals surface area contributed by atoms with E-state index in [-0.39, 0.29) is 11.9 Å². The maximum Gasteiger partial charge on any atom is 0.193 e. The van der Waals surface area contributed by atoms with Crippen molar-refractivity contribution in [1.82, 2.24) is 0 Å². The van der Waals surface area contributed by atoms with Crippen molar-refractivity contribution in [3.05, 3.63) is 59.2 Å². The van der Waals surface area contributed by atoms with Gasteiger partial charge in [-0.15, -0.1) is 0 Å². The van der Waals surface area contributed by atoms with Crippen LogP contribution in [0.1, 0.15) is 35.3 Å². The van der Waals surface area contributed by atoms with Crippen molar-refractivity contribution in [2.75, 3.05) is 11.9 Å². The van der Waals surface area contributed by atoms with Gasteiger partial charge in [0.2, 0.25) is 0 Å². The Hall–Kier alpha value is -2.29. The maximum atomic E-state index is 12.5. The lowest BCUT2D eigenvalue weighted by molar-refractivity contribution is 0.103. The van der Waals surface area contributed by atoms with Gasteiger partial charge in [-0.05, 0) is 68.3 Å². The Balaban J connectivity index is 1.81. The molecular weight excluding hydrogens is 262 g/mol. The number of ether oxygens (including phenoxy) is 1. The van der Waals surface area contributed by atoms with Gasteiger partial charge in [0.1, 0.15) is 5.75 Å². The van der Waals surface area contributed by atoms with Crippen LogP contribution >= 0.6 is 0 Å². The summed E-state index contributed by atoms with van der Waals surface area (Å²) in [4.78, 5) is 12.5. The lowest BCUT2D eigenvalue weighted by Crippen LogP contribution is -2.06. The summed E-state index contributed by atoms with van der Waals surface area (Å²) in [5.41, 5.74) is 3.81. The highest BCUT2D eigenvalue weighted by molar-refractivity contribution is 6.09. The summed E-state index contributed by atoms with van der Waals surface area (Å²) in [5, 5.41) is 3.30. The van der Waals surface area contributed by atoms with Crippen LogP contribution < -0.4 is 10.1 Å². The highest BCUT2D eigenvalue weighted by Gasteiger charge is 2.14. The lowest BCUT2D eigenvalue weighted by Gasteiger charge is -2.10. The van der Waals surface area contributed by atoms with Gasteiger partial charge < -0.3 is 10.1 Å². The number of ketones is 1. The molecule has 3 heteroatoms. The predicted molar refractivity (Wildman–Crippen MR) is 84.3 cm³/mol. The molecule has 2 aromatic rings. The average molecular weight is 281 g/mol. The molecule has 2 aromatic carbocycles. The van der Waals surface area contributed by atoms with Crippen molar-refractivity contribution in [3.8, 4) is 5.75 Å². The molecule has 21 heavy (non-hydrogen) atoms. The van der Waals surface area contributed by atoms with Crippen LogP contribution in [0.4, 0.5) is 5.69 Å². The lowest BCUT2D eigenvalue weighted by atomic mass is 10.0. The van der Waals surface area contributed by atoms with Crippen LogP contribution in [-0.2, 0) is 6.42 Å². The predicted octanol–water partition coefficient (Wildman–Crippen LogP) is 3.67. The van der Waals surface area contributed by atoms with Crippen LogP contribution in [0.5, 0.6) is 5.75 Å². The average Bonchev–Trinajstić information content (AvgIpc) is 2.94. The normalized spacial score (nSPS) is 12.9. The number of nitrogens with one attached hydrogen (secondary N) is 1. The molecular formula is C18H19NO2. The van der Waals surface area contributed by atoms with Crippen LogP contribution in [-0.4, -0.2) is 18.4 Å². The molecule has 0 atom stereocenters. The van der Waals surface area contributed by atoms with E-state index in [1.165, 1.54) is 5.56 Å². The summed E-state index contributed by atoms with van der Waals surface area (Å²) in [5.74, 6) is 0.848. The van der Waals surface area contributed by atoms with E-state index in [0.29, 0.717) is 5.56 Å². The van der Waals surface area contributed by atoms with Crippen molar-refractivity contribution in [1.29, 1.82) is 0 Å². The van der Waals surface area contributed by atoms with E-state index >= 15 is 0 Å². The van der Waals surface area contributed by atoms with E-state index in [2.05, 4.69) is 5.32 Å². The van der Waals surface area contributed by atoms with Crippen LogP contribution in [0.15, 0.2) is 42.5 Å². The van der Waals surface area contributed by atoms with Crippen LogP contribution in [0.2, 0.25) is 0 Å². The van der Waals surface area contributed by atoms with Crippen LogP contribution in [0, 0.1) is 0 Å². The quantitative estimate of drug-likeness (QED) is 0.869. The first-order valence-electron chi connectivity index (χ1n) is 7.32. The summed E-state index contributed by atoms with van der Waals surface area (Å²) in [6.45, 7) is 4.92. The van der Waals surface area contributed by atoms with Gasteiger partial charge in [0, 0.05) is 23.4 Å². The standard InChI is InChI=1S/C18H19NO2/c1-12(2)21-16-6-3-13(4-7-16)18(20)15-5-8-17-14(11-15)9-10-19-17/h3-8,11-12,19H,9-10H2,1-2H3. The molecule has 0 bridgehead atoms. The number of anilines is 1. The summed E-state index contributed by atoms with van der Waals surface area (Å²) < 4.78 is 5.60. The molecule has 0 fully saturated rings. The third-order valence-electron chi connectivity index (χ3n) is 3.57. The van der Waals surface area contributed by atoms with Gasteiger partial charge in [-0.3, -0.25) is 4.79 Å². The number of carbonyl (C=O) groups is 1. The Morgan fingerprint density at radius 1 is 1.10 bits per heavy atom. The van der Waals surface area contributed by atoms with E-state index in [1.54, 1.807) is 0 Å². The molecule has 0 spiro atoms. The van der Waals surface area contributed by atoms with Crippen molar-refractivity contribution >= 4 is 11.5 Å². The highest BCUT2D eigenvalue weighted by atomic mass is 16.5. The Morgan fingerprint density at radius 3 is 2.52 bits per heavy atom. The summed E-state index contributed by atoms with van der Waals surface area (Å²) in [6, 6.07) is 13.2. The minimum atomic E-state index is 0.0563. The second-order valence-electron chi connectivity index (χ2n) is 5.57. The zero-order chi connectivity index (χ0) is 14.8. The third kappa shape index (κ3) is 2.92. The first-order valence-corrected chi connectivity index (χ1v) is 7.32. The zero-order valence-corrected chi connectivity index (χ0v) is 12.3. The van der Waals surface area contributed by atoms with Gasteiger partial charge in [-0.2, -0.15) is 0 Å². The molecule has 3 rings (SSSR count). The summed E-state index contributed by atoms with van der Waals surface area (Å²) in [6.07, 6.45) is 1.12. The van der Waals surface area contributed by atoms with E-state index in [4.69, 9.17) is 4.74 Å². The Morgan fingerprint density at radius 2 is 1.81 bits per heavy atom. The topological polar surface area (TPSA) is 38.3 Å². The highest BCUT2D eigenvalue weighted by Crippen LogP contribution is 2.24. The van der Waals surface area contributed by atoms with E-state index in [0.717, 1.165) is 30.0 Å². The third-order valence-corrected chi connectivity index (χ3v) is 3.57. The largest absolute Gasteiger partial charge is 0.491 e. The molecule has 0 amide bonds. The molecule has 0 unspecified atom stereocenters. The van der Waals surface area contributed by atoms with E-state index in [1.807, 2.05) is 56.3 Å². The Bertz CT molecular complexity index is 659. The second kappa shape index (κ2) is 5.60. The second-order valence-corrected chi connectivity index (χ2v) is 5.57. The number of rotatable bonds is 4. The zero-order valence-electron chi connectivity index (χ0n) is 12.3. The van der Waals surface area contributed by atoms with Gasteiger partial charge in [0.25, 0.3) is 0 Å². The van der Waals surface area contributed by atoms with Gasteiger partial charge in [-0.25, -0.2) is 0 Å². The molecule has 1 N–H and O–H groups in total.